The fourth-order valence-electron chi connectivity index (χ4n) is 2.61. The maximum absolute atomic E-state index is 14.0. The SMILES string of the molecule is N#Cc1ccc2nc(-c3ccncc3F)n(C3CC3)c2c1. The Labute approximate surface area is 120 Å². The van der Waals surface area contributed by atoms with Gasteiger partial charge >= 0.3 is 0 Å². The van der Waals surface area contributed by atoms with E-state index in [1.165, 1.54) is 6.20 Å². The summed E-state index contributed by atoms with van der Waals surface area (Å²) in [5.74, 6) is 0.234. The zero-order chi connectivity index (χ0) is 14.4. The smallest absolute Gasteiger partial charge is 0.152 e. The van der Waals surface area contributed by atoms with Gasteiger partial charge in [0, 0.05) is 12.2 Å². The monoisotopic (exact) mass is 278 g/mol. The van der Waals surface area contributed by atoms with Crippen LogP contribution in [0.25, 0.3) is 22.4 Å². The van der Waals surface area contributed by atoms with Crippen LogP contribution >= 0.6 is 0 Å². The first-order chi connectivity index (χ1) is 10.3. The fourth-order valence-corrected chi connectivity index (χ4v) is 2.61. The Morgan fingerprint density at radius 1 is 1.29 bits per heavy atom. The Bertz CT molecular complexity index is 887. The van der Waals surface area contributed by atoms with Crippen LogP contribution in [0.1, 0.15) is 24.4 Å². The van der Waals surface area contributed by atoms with E-state index in [1.807, 2.05) is 12.1 Å². The van der Waals surface area contributed by atoms with Gasteiger partial charge in [-0.05, 0) is 37.1 Å². The van der Waals surface area contributed by atoms with Gasteiger partial charge in [0.25, 0.3) is 0 Å². The van der Waals surface area contributed by atoms with Gasteiger partial charge in [0.2, 0.25) is 0 Å². The second-order valence-electron chi connectivity index (χ2n) is 5.21. The summed E-state index contributed by atoms with van der Waals surface area (Å²) in [4.78, 5) is 8.35. The Hall–Kier alpha value is -2.74. The molecule has 1 fully saturated rings. The third-order valence-electron chi connectivity index (χ3n) is 3.74. The van der Waals surface area contributed by atoms with Crippen molar-refractivity contribution in [1.29, 1.82) is 5.26 Å². The number of halogens is 1. The fraction of sp³-hybridized carbons (Fsp3) is 0.188. The van der Waals surface area contributed by atoms with Gasteiger partial charge in [-0.25, -0.2) is 9.37 Å². The third-order valence-corrected chi connectivity index (χ3v) is 3.74. The Kier molecular flexibility index (Phi) is 2.51. The van der Waals surface area contributed by atoms with Crippen LogP contribution in [0.2, 0.25) is 0 Å². The van der Waals surface area contributed by atoms with Crippen molar-refractivity contribution in [3.63, 3.8) is 0 Å². The number of pyridine rings is 1. The van der Waals surface area contributed by atoms with E-state index in [9.17, 15) is 4.39 Å². The lowest BCUT2D eigenvalue weighted by atomic mass is 10.2. The molecule has 1 aliphatic rings. The molecule has 2 heterocycles. The minimum Gasteiger partial charge on any atom is -0.321 e. The van der Waals surface area contributed by atoms with Gasteiger partial charge in [0.15, 0.2) is 5.82 Å². The quantitative estimate of drug-likeness (QED) is 0.721. The summed E-state index contributed by atoms with van der Waals surface area (Å²) in [6, 6.07) is 9.49. The zero-order valence-corrected chi connectivity index (χ0v) is 11.1. The van der Waals surface area contributed by atoms with E-state index in [-0.39, 0.29) is 5.82 Å². The number of fused-ring (bicyclic) bond motifs is 1. The highest BCUT2D eigenvalue weighted by molar-refractivity contribution is 5.82. The maximum atomic E-state index is 14.0. The molecule has 0 radical (unpaired) electrons. The van der Waals surface area contributed by atoms with Crippen molar-refractivity contribution in [1.82, 2.24) is 14.5 Å². The number of nitriles is 1. The standard InChI is InChI=1S/C16H11FN4/c17-13-9-19-6-5-12(13)16-20-14-4-1-10(8-18)7-15(14)21(16)11-2-3-11/h1,4-7,9,11H,2-3H2. The predicted molar refractivity (Wildman–Crippen MR) is 75.9 cm³/mol. The summed E-state index contributed by atoms with van der Waals surface area (Å²) in [6.45, 7) is 0. The second-order valence-corrected chi connectivity index (χ2v) is 5.21. The number of aromatic nitrogens is 3. The summed E-state index contributed by atoms with van der Waals surface area (Å²) in [5.41, 5.74) is 2.72. The van der Waals surface area contributed by atoms with Crippen LogP contribution in [-0.4, -0.2) is 14.5 Å². The molecule has 0 bridgehead atoms. The number of hydrogen-bond acceptors (Lipinski definition) is 3. The number of rotatable bonds is 2. The van der Waals surface area contributed by atoms with E-state index in [1.54, 1.807) is 18.3 Å². The summed E-state index contributed by atoms with van der Waals surface area (Å²) >= 11 is 0. The van der Waals surface area contributed by atoms with E-state index in [2.05, 4.69) is 20.6 Å². The first-order valence-corrected chi connectivity index (χ1v) is 6.80. The highest BCUT2D eigenvalue weighted by Crippen LogP contribution is 2.41. The molecule has 5 heteroatoms. The highest BCUT2D eigenvalue weighted by Gasteiger charge is 2.29. The van der Waals surface area contributed by atoms with Gasteiger partial charge in [-0.2, -0.15) is 5.26 Å². The molecule has 4 rings (SSSR count). The molecular weight excluding hydrogens is 267 g/mol. The molecule has 0 amide bonds. The first-order valence-electron chi connectivity index (χ1n) is 6.80. The van der Waals surface area contributed by atoms with Crippen molar-refractivity contribution in [2.45, 2.75) is 18.9 Å². The Morgan fingerprint density at radius 2 is 2.14 bits per heavy atom. The molecular formula is C16H11FN4. The van der Waals surface area contributed by atoms with Crippen molar-refractivity contribution in [3.8, 4) is 17.5 Å². The lowest BCUT2D eigenvalue weighted by molar-refractivity contribution is 0.621. The van der Waals surface area contributed by atoms with Crippen molar-refractivity contribution in [2.75, 3.05) is 0 Å². The number of nitrogens with zero attached hydrogens (tertiary/aromatic N) is 4. The van der Waals surface area contributed by atoms with Crippen molar-refractivity contribution in [3.05, 3.63) is 48.0 Å². The third kappa shape index (κ3) is 1.88. The van der Waals surface area contributed by atoms with Gasteiger partial charge in [0.05, 0.1) is 34.4 Å². The summed E-state index contributed by atoms with van der Waals surface area (Å²) in [7, 11) is 0. The van der Waals surface area contributed by atoms with Crippen LogP contribution in [0.3, 0.4) is 0 Å². The molecule has 0 N–H and O–H groups in total. The molecule has 0 unspecified atom stereocenters. The number of hydrogen-bond donors (Lipinski definition) is 0. The van der Waals surface area contributed by atoms with Crippen LogP contribution < -0.4 is 0 Å². The first kappa shape index (κ1) is 12.0. The highest BCUT2D eigenvalue weighted by atomic mass is 19.1. The minimum atomic E-state index is -0.379. The van der Waals surface area contributed by atoms with E-state index >= 15 is 0 Å². The molecule has 102 valence electrons. The van der Waals surface area contributed by atoms with Crippen molar-refractivity contribution >= 4 is 11.0 Å². The summed E-state index contributed by atoms with van der Waals surface area (Å²) < 4.78 is 16.1. The normalized spacial score (nSPS) is 14.3. The predicted octanol–water partition coefficient (Wildman–Crippen LogP) is 3.44. The van der Waals surface area contributed by atoms with Gasteiger partial charge in [-0.3, -0.25) is 4.98 Å². The molecule has 1 saturated carbocycles. The molecule has 3 aromatic rings. The summed E-state index contributed by atoms with van der Waals surface area (Å²) in [6.07, 6.45) is 4.88. The van der Waals surface area contributed by atoms with Crippen molar-refractivity contribution in [2.24, 2.45) is 0 Å². The van der Waals surface area contributed by atoms with Gasteiger partial charge in [-0.1, -0.05) is 0 Å². The molecule has 4 nitrogen and oxygen atoms in total. The lowest BCUT2D eigenvalue weighted by Gasteiger charge is -2.08. The van der Waals surface area contributed by atoms with E-state index in [0.717, 1.165) is 23.9 Å². The average Bonchev–Trinajstić information content (AvgIpc) is 3.27. The van der Waals surface area contributed by atoms with Crippen LogP contribution in [0, 0.1) is 17.1 Å². The number of imidazole rings is 1. The van der Waals surface area contributed by atoms with E-state index in [0.29, 0.717) is 23.0 Å². The molecule has 0 aliphatic heterocycles. The molecule has 21 heavy (non-hydrogen) atoms. The molecule has 1 aromatic carbocycles. The molecule has 2 aromatic heterocycles. The van der Waals surface area contributed by atoms with Gasteiger partial charge < -0.3 is 4.57 Å². The van der Waals surface area contributed by atoms with Crippen LogP contribution in [0.5, 0.6) is 0 Å². The Balaban J connectivity index is 2.03. The van der Waals surface area contributed by atoms with E-state index in [4.69, 9.17) is 5.26 Å². The van der Waals surface area contributed by atoms with Gasteiger partial charge in [0.1, 0.15) is 5.82 Å². The molecule has 1 aliphatic carbocycles. The summed E-state index contributed by atoms with van der Waals surface area (Å²) in [5, 5.41) is 9.06. The average molecular weight is 278 g/mol. The minimum absolute atomic E-state index is 0.339. The van der Waals surface area contributed by atoms with Crippen LogP contribution in [0.15, 0.2) is 36.7 Å². The Morgan fingerprint density at radius 3 is 2.86 bits per heavy atom. The van der Waals surface area contributed by atoms with Crippen LogP contribution in [-0.2, 0) is 0 Å². The van der Waals surface area contributed by atoms with Crippen molar-refractivity contribution < 1.29 is 4.39 Å². The molecule has 0 atom stereocenters. The largest absolute Gasteiger partial charge is 0.321 e. The number of benzene rings is 1. The zero-order valence-electron chi connectivity index (χ0n) is 11.1. The van der Waals surface area contributed by atoms with Crippen LogP contribution in [0.4, 0.5) is 4.39 Å². The second kappa shape index (κ2) is 4.38. The topological polar surface area (TPSA) is 54.5 Å². The van der Waals surface area contributed by atoms with Gasteiger partial charge in [-0.15, -0.1) is 0 Å². The molecule has 0 spiro atoms. The van der Waals surface area contributed by atoms with E-state index < -0.39 is 0 Å². The lowest BCUT2D eigenvalue weighted by Crippen LogP contribution is -1.99. The maximum Gasteiger partial charge on any atom is 0.152 e. The molecule has 0 saturated heterocycles.